The number of benzene rings is 1. The highest BCUT2D eigenvalue weighted by Crippen LogP contribution is 2.29. The molecule has 0 aliphatic carbocycles. The summed E-state index contributed by atoms with van der Waals surface area (Å²) < 4.78 is 5.16. The zero-order valence-electron chi connectivity index (χ0n) is 8.72. The maximum Gasteiger partial charge on any atom is 0.312 e. The first-order valence-corrected chi connectivity index (χ1v) is 5.17. The summed E-state index contributed by atoms with van der Waals surface area (Å²) in [6.07, 6.45) is -0.100. The van der Waals surface area contributed by atoms with E-state index in [0.717, 1.165) is 0 Å². The second-order valence-electron chi connectivity index (χ2n) is 3.24. The molecule has 0 aliphatic rings. The molecule has 1 rings (SSSR count). The van der Waals surface area contributed by atoms with Gasteiger partial charge < -0.3 is 9.84 Å². The van der Waals surface area contributed by atoms with Crippen LogP contribution in [0.4, 0.5) is 5.69 Å². The van der Waals surface area contributed by atoms with E-state index in [0.29, 0.717) is 6.42 Å². The normalized spacial score (nSPS) is 12.2. The van der Waals surface area contributed by atoms with Crippen LogP contribution in [0.3, 0.4) is 0 Å². The van der Waals surface area contributed by atoms with Gasteiger partial charge in [0.25, 0.3) is 0 Å². The molecule has 0 fully saturated rings. The SMILES string of the molecule is CCC(O)COc1ccc(Cl)cc1[N+](=O)[O-]. The number of nitro benzene ring substituents is 1. The number of halogens is 1. The molecular weight excluding hydrogens is 234 g/mol. The Kier molecular flexibility index (Phi) is 4.52. The Labute approximate surface area is 97.8 Å². The minimum absolute atomic E-state index is 0.0268. The maximum atomic E-state index is 10.7. The Morgan fingerprint density at radius 1 is 1.62 bits per heavy atom. The summed E-state index contributed by atoms with van der Waals surface area (Å²) in [5.74, 6) is 0.113. The van der Waals surface area contributed by atoms with Crippen LogP contribution in [-0.4, -0.2) is 22.7 Å². The molecule has 0 saturated carbocycles. The minimum Gasteiger partial charge on any atom is -0.484 e. The van der Waals surface area contributed by atoms with Gasteiger partial charge in [-0.1, -0.05) is 18.5 Å². The largest absolute Gasteiger partial charge is 0.484 e. The molecule has 5 nitrogen and oxygen atoms in total. The summed E-state index contributed by atoms with van der Waals surface area (Å²) in [5.41, 5.74) is -0.198. The van der Waals surface area contributed by atoms with E-state index >= 15 is 0 Å². The van der Waals surface area contributed by atoms with Crippen LogP contribution in [0, 0.1) is 10.1 Å². The summed E-state index contributed by atoms with van der Waals surface area (Å²) in [5, 5.41) is 20.2. The fourth-order valence-corrected chi connectivity index (χ4v) is 1.23. The molecule has 0 aliphatic heterocycles. The molecular formula is C10H12ClNO4. The zero-order valence-corrected chi connectivity index (χ0v) is 9.48. The van der Waals surface area contributed by atoms with Gasteiger partial charge in [-0.2, -0.15) is 0 Å². The predicted molar refractivity (Wildman–Crippen MR) is 59.9 cm³/mol. The number of hydrogen-bond acceptors (Lipinski definition) is 4. The molecule has 1 unspecified atom stereocenters. The van der Waals surface area contributed by atoms with Gasteiger partial charge in [0.05, 0.1) is 11.0 Å². The van der Waals surface area contributed by atoms with Crippen molar-refractivity contribution in [1.29, 1.82) is 0 Å². The van der Waals surface area contributed by atoms with Gasteiger partial charge >= 0.3 is 5.69 Å². The second-order valence-corrected chi connectivity index (χ2v) is 3.68. The molecule has 0 aromatic heterocycles. The molecule has 1 aromatic rings. The van der Waals surface area contributed by atoms with Gasteiger partial charge in [0.15, 0.2) is 5.75 Å². The molecule has 0 bridgehead atoms. The molecule has 88 valence electrons. The molecule has 0 saturated heterocycles. The summed E-state index contributed by atoms with van der Waals surface area (Å²) in [6.45, 7) is 1.82. The van der Waals surface area contributed by atoms with Crippen LogP contribution < -0.4 is 4.74 Å². The third-order valence-corrected chi connectivity index (χ3v) is 2.26. The fourth-order valence-electron chi connectivity index (χ4n) is 1.06. The van der Waals surface area contributed by atoms with Crippen molar-refractivity contribution >= 4 is 17.3 Å². The van der Waals surface area contributed by atoms with Crippen LogP contribution in [-0.2, 0) is 0 Å². The van der Waals surface area contributed by atoms with E-state index in [1.807, 2.05) is 0 Å². The minimum atomic E-state index is -0.629. The molecule has 1 N–H and O–H groups in total. The Morgan fingerprint density at radius 3 is 2.88 bits per heavy atom. The first-order chi connectivity index (χ1) is 7.54. The number of hydrogen-bond donors (Lipinski definition) is 1. The van der Waals surface area contributed by atoms with Gasteiger partial charge in [0.1, 0.15) is 6.61 Å². The Hall–Kier alpha value is -1.33. The summed E-state index contributed by atoms with van der Waals surface area (Å²) >= 11 is 5.64. The first-order valence-electron chi connectivity index (χ1n) is 4.79. The summed E-state index contributed by atoms with van der Waals surface area (Å²) in [7, 11) is 0. The standard InChI is InChI=1S/C10H12ClNO4/c1-2-8(13)6-16-10-4-3-7(11)5-9(10)12(14)15/h3-5,8,13H,2,6H2,1H3. The highest BCUT2D eigenvalue weighted by atomic mass is 35.5. The van der Waals surface area contributed by atoms with Crippen LogP contribution in [0.1, 0.15) is 13.3 Å². The van der Waals surface area contributed by atoms with E-state index in [1.54, 1.807) is 6.92 Å². The van der Waals surface area contributed by atoms with Gasteiger partial charge in [0, 0.05) is 11.1 Å². The van der Waals surface area contributed by atoms with E-state index in [9.17, 15) is 15.2 Å². The number of ether oxygens (including phenoxy) is 1. The highest BCUT2D eigenvalue weighted by Gasteiger charge is 2.16. The number of aliphatic hydroxyl groups excluding tert-OH is 1. The van der Waals surface area contributed by atoms with Gasteiger partial charge in [-0.3, -0.25) is 10.1 Å². The molecule has 0 radical (unpaired) electrons. The third-order valence-electron chi connectivity index (χ3n) is 2.02. The van der Waals surface area contributed by atoms with E-state index in [4.69, 9.17) is 16.3 Å². The Morgan fingerprint density at radius 2 is 2.31 bits per heavy atom. The van der Waals surface area contributed by atoms with Crippen LogP contribution in [0.25, 0.3) is 0 Å². The number of rotatable bonds is 5. The molecule has 1 aromatic carbocycles. The monoisotopic (exact) mass is 245 g/mol. The molecule has 1 atom stereocenters. The quantitative estimate of drug-likeness (QED) is 0.639. The van der Waals surface area contributed by atoms with Crippen LogP contribution in [0.2, 0.25) is 5.02 Å². The topological polar surface area (TPSA) is 72.6 Å². The van der Waals surface area contributed by atoms with E-state index in [1.165, 1.54) is 18.2 Å². The maximum absolute atomic E-state index is 10.7. The van der Waals surface area contributed by atoms with E-state index in [-0.39, 0.29) is 23.1 Å². The molecule has 0 spiro atoms. The van der Waals surface area contributed by atoms with Crippen molar-refractivity contribution in [2.75, 3.05) is 6.61 Å². The lowest BCUT2D eigenvalue weighted by molar-refractivity contribution is -0.385. The van der Waals surface area contributed by atoms with Gasteiger partial charge in [-0.15, -0.1) is 0 Å². The van der Waals surface area contributed by atoms with Crippen molar-refractivity contribution in [2.24, 2.45) is 0 Å². The summed E-state index contributed by atoms with van der Waals surface area (Å²) in [6, 6.07) is 4.14. The molecule has 0 heterocycles. The second kappa shape index (κ2) is 5.67. The van der Waals surface area contributed by atoms with Crippen LogP contribution >= 0.6 is 11.6 Å². The fraction of sp³-hybridized carbons (Fsp3) is 0.400. The van der Waals surface area contributed by atoms with Crippen molar-refractivity contribution in [3.8, 4) is 5.75 Å². The number of nitrogens with zero attached hydrogens (tertiary/aromatic N) is 1. The van der Waals surface area contributed by atoms with E-state index in [2.05, 4.69) is 0 Å². The Bertz CT molecular complexity index is 383. The van der Waals surface area contributed by atoms with Gasteiger partial charge in [0.2, 0.25) is 0 Å². The lowest BCUT2D eigenvalue weighted by Gasteiger charge is -2.10. The summed E-state index contributed by atoms with van der Waals surface area (Å²) in [4.78, 5) is 10.1. The van der Waals surface area contributed by atoms with Crippen molar-refractivity contribution < 1.29 is 14.8 Å². The average Bonchev–Trinajstić information content (AvgIpc) is 2.26. The van der Waals surface area contributed by atoms with Crippen molar-refractivity contribution in [2.45, 2.75) is 19.4 Å². The van der Waals surface area contributed by atoms with Gasteiger partial charge in [-0.05, 0) is 18.6 Å². The van der Waals surface area contributed by atoms with Crippen molar-refractivity contribution in [1.82, 2.24) is 0 Å². The smallest absolute Gasteiger partial charge is 0.312 e. The molecule has 0 amide bonds. The van der Waals surface area contributed by atoms with Crippen LogP contribution in [0.5, 0.6) is 5.75 Å². The lowest BCUT2D eigenvalue weighted by Crippen LogP contribution is -2.16. The lowest BCUT2D eigenvalue weighted by atomic mass is 10.3. The number of nitro groups is 1. The van der Waals surface area contributed by atoms with E-state index < -0.39 is 11.0 Å². The molecule has 6 heteroatoms. The highest BCUT2D eigenvalue weighted by molar-refractivity contribution is 6.30. The van der Waals surface area contributed by atoms with Crippen LogP contribution in [0.15, 0.2) is 18.2 Å². The zero-order chi connectivity index (χ0) is 12.1. The van der Waals surface area contributed by atoms with Crippen molar-refractivity contribution in [3.05, 3.63) is 33.3 Å². The predicted octanol–water partition coefficient (Wildman–Crippen LogP) is 2.40. The number of aliphatic hydroxyl groups is 1. The van der Waals surface area contributed by atoms with Gasteiger partial charge in [-0.25, -0.2) is 0 Å². The Balaban J connectivity index is 2.82. The first kappa shape index (κ1) is 12.7. The molecule has 16 heavy (non-hydrogen) atoms. The van der Waals surface area contributed by atoms with Crippen molar-refractivity contribution in [3.63, 3.8) is 0 Å². The average molecular weight is 246 g/mol. The third kappa shape index (κ3) is 3.36.